The molecule has 11 heavy (non-hydrogen) atoms. The van der Waals surface area contributed by atoms with E-state index in [4.69, 9.17) is 11.6 Å². The molecule has 0 aliphatic carbocycles. The first-order valence-electron chi connectivity index (χ1n) is 2.93. The minimum Gasteiger partial charge on any atom is -0.294 e. The van der Waals surface area contributed by atoms with Gasteiger partial charge in [-0.05, 0) is 28.9 Å². The first-order chi connectivity index (χ1) is 5.11. The summed E-state index contributed by atoms with van der Waals surface area (Å²) in [5, 5.41) is 0.471. The molecule has 0 fully saturated rings. The van der Waals surface area contributed by atoms with Gasteiger partial charge >= 0.3 is 0 Å². The second-order valence-electron chi connectivity index (χ2n) is 2.05. The molecule has 1 aromatic rings. The number of carbonyl (C=O) groups is 1. The van der Waals surface area contributed by atoms with Gasteiger partial charge in [0.25, 0.3) is 0 Å². The number of aromatic nitrogens is 1. The van der Waals surface area contributed by atoms with Crippen LogP contribution in [0.15, 0.2) is 16.9 Å². The molecular weight excluding hydrogens is 229 g/mol. The van der Waals surface area contributed by atoms with Crippen molar-refractivity contribution in [3.05, 3.63) is 27.5 Å². The molecule has 2 nitrogen and oxygen atoms in total. The average Bonchev–Trinajstić information content (AvgIpc) is 1.94. The lowest BCUT2D eigenvalue weighted by molar-refractivity contribution is 0.101. The monoisotopic (exact) mass is 233 g/mol. The Hall–Kier alpha value is -0.410. The van der Waals surface area contributed by atoms with Crippen molar-refractivity contribution in [2.45, 2.75) is 6.92 Å². The zero-order valence-electron chi connectivity index (χ0n) is 5.77. The van der Waals surface area contributed by atoms with Gasteiger partial charge in [0.05, 0.1) is 10.6 Å². The molecule has 58 valence electrons. The normalized spacial score (nSPS) is 9.73. The summed E-state index contributed by atoms with van der Waals surface area (Å²) in [4.78, 5) is 14.8. The first kappa shape index (κ1) is 8.68. The Morgan fingerprint density at radius 1 is 1.73 bits per heavy atom. The minimum absolute atomic E-state index is 0.0492. The number of hydrogen-bond acceptors (Lipinski definition) is 2. The SMILES string of the molecule is CC(=O)c1cc(Cl)cnc1Br. The predicted molar refractivity (Wildman–Crippen MR) is 47.0 cm³/mol. The van der Waals surface area contributed by atoms with Crippen LogP contribution in [0, 0.1) is 0 Å². The van der Waals surface area contributed by atoms with Crippen LogP contribution in [0.4, 0.5) is 0 Å². The number of pyridine rings is 1. The van der Waals surface area contributed by atoms with E-state index in [1.807, 2.05) is 0 Å². The van der Waals surface area contributed by atoms with Crippen molar-refractivity contribution in [2.75, 3.05) is 0 Å². The third kappa shape index (κ3) is 2.01. The number of nitrogens with zero attached hydrogens (tertiary/aromatic N) is 1. The second-order valence-corrected chi connectivity index (χ2v) is 3.24. The Labute approximate surface area is 77.7 Å². The van der Waals surface area contributed by atoms with E-state index in [1.54, 1.807) is 6.07 Å². The van der Waals surface area contributed by atoms with Gasteiger partial charge in [0.15, 0.2) is 5.78 Å². The number of Topliss-reactive ketones (excluding diaryl/α,β-unsaturated/α-hetero) is 1. The van der Waals surface area contributed by atoms with Crippen molar-refractivity contribution in [1.29, 1.82) is 0 Å². The van der Waals surface area contributed by atoms with Crippen LogP contribution >= 0.6 is 27.5 Å². The number of ketones is 1. The fourth-order valence-corrected chi connectivity index (χ4v) is 1.32. The van der Waals surface area contributed by atoms with Crippen molar-refractivity contribution < 1.29 is 4.79 Å². The second kappa shape index (κ2) is 3.32. The van der Waals surface area contributed by atoms with E-state index in [1.165, 1.54) is 13.1 Å². The summed E-state index contributed by atoms with van der Waals surface area (Å²) < 4.78 is 0.536. The molecule has 1 heterocycles. The van der Waals surface area contributed by atoms with Crippen molar-refractivity contribution >= 4 is 33.3 Å². The number of rotatable bonds is 1. The molecule has 0 aromatic carbocycles. The largest absolute Gasteiger partial charge is 0.294 e. The number of carbonyl (C=O) groups excluding carboxylic acids is 1. The fraction of sp³-hybridized carbons (Fsp3) is 0.143. The lowest BCUT2D eigenvalue weighted by Gasteiger charge is -1.97. The van der Waals surface area contributed by atoms with Gasteiger partial charge in [-0.15, -0.1) is 0 Å². The molecule has 0 bridgehead atoms. The lowest BCUT2D eigenvalue weighted by atomic mass is 10.2. The minimum atomic E-state index is -0.0492. The zero-order chi connectivity index (χ0) is 8.43. The molecule has 0 spiro atoms. The van der Waals surface area contributed by atoms with Crippen LogP contribution in [0.1, 0.15) is 17.3 Å². The Morgan fingerprint density at radius 3 is 2.82 bits per heavy atom. The summed E-state index contributed by atoms with van der Waals surface area (Å²) >= 11 is 8.77. The summed E-state index contributed by atoms with van der Waals surface area (Å²) in [6, 6.07) is 1.58. The molecule has 0 aliphatic rings. The Balaban J connectivity index is 3.23. The summed E-state index contributed by atoms with van der Waals surface area (Å²) in [5.41, 5.74) is 0.512. The predicted octanol–water partition coefficient (Wildman–Crippen LogP) is 2.70. The molecule has 0 aliphatic heterocycles. The van der Waals surface area contributed by atoms with Crippen molar-refractivity contribution in [2.24, 2.45) is 0 Å². The maximum atomic E-state index is 10.9. The lowest BCUT2D eigenvalue weighted by Crippen LogP contribution is -1.94. The molecule has 0 saturated carbocycles. The summed E-state index contributed by atoms with van der Waals surface area (Å²) in [6.45, 7) is 1.47. The topological polar surface area (TPSA) is 30.0 Å². The van der Waals surface area contributed by atoms with Crippen molar-refractivity contribution in [1.82, 2.24) is 4.98 Å². The molecule has 1 aromatic heterocycles. The van der Waals surface area contributed by atoms with Crippen LogP contribution < -0.4 is 0 Å². The highest BCUT2D eigenvalue weighted by Crippen LogP contribution is 2.18. The summed E-state index contributed by atoms with van der Waals surface area (Å²) in [7, 11) is 0. The summed E-state index contributed by atoms with van der Waals surface area (Å²) in [5.74, 6) is -0.0492. The molecule has 0 saturated heterocycles. The highest BCUT2D eigenvalue weighted by molar-refractivity contribution is 9.10. The van der Waals surface area contributed by atoms with E-state index in [0.717, 1.165) is 0 Å². The third-order valence-corrected chi connectivity index (χ3v) is 2.02. The highest BCUT2D eigenvalue weighted by atomic mass is 79.9. The Kier molecular flexibility index (Phi) is 2.62. The maximum absolute atomic E-state index is 10.9. The van der Waals surface area contributed by atoms with Gasteiger partial charge in [0.2, 0.25) is 0 Å². The number of hydrogen-bond donors (Lipinski definition) is 0. The van der Waals surface area contributed by atoms with E-state index in [9.17, 15) is 4.79 Å². The average molecular weight is 234 g/mol. The molecule has 0 N–H and O–H groups in total. The van der Waals surface area contributed by atoms with E-state index < -0.39 is 0 Å². The first-order valence-corrected chi connectivity index (χ1v) is 4.10. The van der Waals surface area contributed by atoms with Gasteiger partial charge < -0.3 is 0 Å². The highest BCUT2D eigenvalue weighted by Gasteiger charge is 2.05. The van der Waals surface area contributed by atoms with Gasteiger partial charge in [0.1, 0.15) is 4.60 Å². The van der Waals surface area contributed by atoms with Crippen molar-refractivity contribution in [3.63, 3.8) is 0 Å². The molecule has 1 rings (SSSR count). The van der Waals surface area contributed by atoms with Crippen LogP contribution in [0.3, 0.4) is 0 Å². The maximum Gasteiger partial charge on any atom is 0.162 e. The smallest absolute Gasteiger partial charge is 0.162 e. The number of halogens is 2. The van der Waals surface area contributed by atoms with Crippen LogP contribution in [-0.2, 0) is 0 Å². The van der Waals surface area contributed by atoms with E-state index >= 15 is 0 Å². The van der Waals surface area contributed by atoms with Crippen LogP contribution in [-0.4, -0.2) is 10.8 Å². The van der Waals surface area contributed by atoms with Gasteiger partial charge in [-0.2, -0.15) is 0 Å². The standard InChI is InChI=1S/C7H5BrClNO/c1-4(11)6-2-5(9)3-10-7(6)8/h2-3H,1H3. The zero-order valence-corrected chi connectivity index (χ0v) is 8.11. The van der Waals surface area contributed by atoms with Crippen molar-refractivity contribution in [3.8, 4) is 0 Å². The quantitative estimate of drug-likeness (QED) is 0.552. The van der Waals surface area contributed by atoms with E-state index in [2.05, 4.69) is 20.9 Å². The fourth-order valence-electron chi connectivity index (χ4n) is 0.669. The van der Waals surface area contributed by atoms with Crippen LogP contribution in [0.2, 0.25) is 5.02 Å². The molecule has 0 amide bonds. The van der Waals surface area contributed by atoms with E-state index in [-0.39, 0.29) is 5.78 Å². The van der Waals surface area contributed by atoms with Gasteiger partial charge in [-0.25, -0.2) is 4.98 Å². The Morgan fingerprint density at radius 2 is 2.36 bits per heavy atom. The van der Waals surface area contributed by atoms with Gasteiger partial charge in [0, 0.05) is 6.20 Å². The molecule has 0 radical (unpaired) electrons. The molecular formula is C7H5BrClNO. The van der Waals surface area contributed by atoms with Crippen LogP contribution in [0.25, 0.3) is 0 Å². The van der Waals surface area contributed by atoms with E-state index in [0.29, 0.717) is 15.2 Å². The summed E-state index contributed by atoms with van der Waals surface area (Å²) in [6.07, 6.45) is 1.48. The molecule has 4 heteroatoms. The van der Waals surface area contributed by atoms with Gasteiger partial charge in [-0.3, -0.25) is 4.79 Å². The van der Waals surface area contributed by atoms with Gasteiger partial charge in [-0.1, -0.05) is 11.6 Å². The molecule has 0 unspecified atom stereocenters. The third-order valence-electron chi connectivity index (χ3n) is 1.18. The Bertz CT molecular complexity index is 300. The van der Waals surface area contributed by atoms with Crippen LogP contribution in [0.5, 0.6) is 0 Å². The molecule has 0 atom stereocenters.